The molecule has 0 aliphatic carbocycles. The molecule has 0 heterocycles. The van der Waals surface area contributed by atoms with Crippen molar-refractivity contribution in [1.82, 2.24) is 0 Å². The van der Waals surface area contributed by atoms with Gasteiger partial charge in [0.15, 0.2) is 0 Å². The van der Waals surface area contributed by atoms with Crippen LogP contribution in [0, 0.1) is 5.92 Å². The predicted octanol–water partition coefficient (Wildman–Crippen LogP) is 0.848. The fourth-order valence-corrected chi connectivity index (χ4v) is 1.62. The summed E-state index contributed by atoms with van der Waals surface area (Å²) in [6.45, 7) is 6.06. The largest absolute Gasteiger partial charge is 0.393 e. The first-order valence-electron chi connectivity index (χ1n) is 5.11. The molecule has 0 bridgehead atoms. The van der Waals surface area contributed by atoms with Gasteiger partial charge < -0.3 is 16.6 Å². The Labute approximate surface area is 81.5 Å². The normalized spacial score (nSPS) is 18.7. The highest BCUT2D eigenvalue weighted by Gasteiger charge is 2.12. The molecule has 80 valence electrons. The van der Waals surface area contributed by atoms with E-state index in [2.05, 4.69) is 13.8 Å². The monoisotopic (exact) mass is 188 g/mol. The van der Waals surface area contributed by atoms with Crippen LogP contribution in [0.15, 0.2) is 0 Å². The third-order valence-corrected chi connectivity index (χ3v) is 2.02. The van der Waals surface area contributed by atoms with Crippen molar-refractivity contribution in [3.05, 3.63) is 0 Å². The predicted molar refractivity (Wildman–Crippen MR) is 56.3 cm³/mol. The second-order valence-electron chi connectivity index (χ2n) is 4.47. The highest BCUT2D eigenvalue weighted by molar-refractivity contribution is 4.73. The van der Waals surface area contributed by atoms with E-state index in [1.807, 2.05) is 0 Å². The van der Waals surface area contributed by atoms with Crippen molar-refractivity contribution in [1.29, 1.82) is 0 Å². The standard InChI is InChI=1S/C10H24N2O/c1-7(2)4-9(11)6-10(12)5-8(3)13/h7-10,13H,4-6,11-12H2,1-3H3. The van der Waals surface area contributed by atoms with Crippen LogP contribution in [0.2, 0.25) is 0 Å². The lowest BCUT2D eigenvalue weighted by Gasteiger charge is -2.19. The van der Waals surface area contributed by atoms with E-state index in [1.165, 1.54) is 0 Å². The molecule has 3 heteroatoms. The third kappa shape index (κ3) is 8.22. The summed E-state index contributed by atoms with van der Waals surface area (Å²) in [4.78, 5) is 0. The quantitative estimate of drug-likeness (QED) is 0.578. The zero-order valence-electron chi connectivity index (χ0n) is 9.03. The Morgan fingerprint density at radius 1 is 0.923 bits per heavy atom. The Kier molecular flexibility index (Phi) is 6.29. The maximum atomic E-state index is 9.10. The van der Waals surface area contributed by atoms with Crippen LogP contribution < -0.4 is 11.5 Å². The Hall–Kier alpha value is -0.120. The number of hydrogen-bond donors (Lipinski definition) is 3. The molecule has 13 heavy (non-hydrogen) atoms. The molecule has 0 aromatic heterocycles. The Morgan fingerprint density at radius 2 is 1.38 bits per heavy atom. The summed E-state index contributed by atoms with van der Waals surface area (Å²) in [5.41, 5.74) is 11.7. The summed E-state index contributed by atoms with van der Waals surface area (Å²) in [6, 6.07) is 0.211. The summed E-state index contributed by atoms with van der Waals surface area (Å²) in [5, 5.41) is 9.10. The Bertz CT molecular complexity index is 112. The number of hydrogen-bond acceptors (Lipinski definition) is 3. The summed E-state index contributed by atoms with van der Waals surface area (Å²) in [7, 11) is 0. The van der Waals surface area contributed by atoms with Gasteiger partial charge in [0.2, 0.25) is 0 Å². The van der Waals surface area contributed by atoms with Crippen LogP contribution in [0.3, 0.4) is 0 Å². The molecule has 0 aromatic carbocycles. The van der Waals surface area contributed by atoms with E-state index in [0.717, 1.165) is 12.8 Å². The Balaban J connectivity index is 3.58. The highest BCUT2D eigenvalue weighted by atomic mass is 16.3. The van der Waals surface area contributed by atoms with Crippen molar-refractivity contribution in [3.63, 3.8) is 0 Å². The molecule has 0 aliphatic rings. The van der Waals surface area contributed by atoms with Crippen molar-refractivity contribution in [3.8, 4) is 0 Å². The molecule has 0 radical (unpaired) electrons. The first-order valence-corrected chi connectivity index (χ1v) is 5.11. The topological polar surface area (TPSA) is 72.3 Å². The van der Waals surface area contributed by atoms with E-state index in [0.29, 0.717) is 12.3 Å². The molecular formula is C10H24N2O. The summed E-state index contributed by atoms with van der Waals surface area (Å²) in [6.07, 6.45) is 2.14. The lowest BCUT2D eigenvalue weighted by atomic mass is 9.96. The van der Waals surface area contributed by atoms with Crippen LogP contribution in [0.4, 0.5) is 0 Å². The fraction of sp³-hybridized carbons (Fsp3) is 1.00. The first-order chi connectivity index (χ1) is 5.91. The lowest BCUT2D eigenvalue weighted by molar-refractivity contribution is 0.171. The van der Waals surface area contributed by atoms with Crippen LogP contribution >= 0.6 is 0 Å². The second-order valence-corrected chi connectivity index (χ2v) is 4.47. The van der Waals surface area contributed by atoms with Crippen LogP contribution in [0.25, 0.3) is 0 Å². The fourth-order valence-electron chi connectivity index (χ4n) is 1.62. The van der Waals surface area contributed by atoms with Gasteiger partial charge in [-0.15, -0.1) is 0 Å². The molecule has 0 amide bonds. The summed E-state index contributed by atoms with van der Waals surface area (Å²) < 4.78 is 0. The minimum Gasteiger partial charge on any atom is -0.393 e. The average molecular weight is 188 g/mol. The van der Waals surface area contributed by atoms with Gasteiger partial charge in [-0.05, 0) is 32.1 Å². The SMILES string of the molecule is CC(C)CC(N)CC(N)CC(C)O. The van der Waals surface area contributed by atoms with E-state index in [-0.39, 0.29) is 18.2 Å². The number of nitrogens with two attached hydrogens (primary N) is 2. The first kappa shape index (κ1) is 12.9. The molecule has 0 spiro atoms. The minimum atomic E-state index is -0.318. The lowest BCUT2D eigenvalue weighted by Crippen LogP contribution is -2.34. The molecule has 5 N–H and O–H groups in total. The van der Waals surface area contributed by atoms with E-state index in [1.54, 1.807) is 6.92 Å². The van der Waals surface area contributed by atoms with Crippen molar-refractivity contribution < 1.29 is 5.11 Å². The van der Waals surface area contributed by atoms with E-state index in [9.17, 15) is 0 Å². The molecule has 0 saturated carbocycles. The smallest absolute Gasteiger partial charge is 0.0526 e. The van der Waals surface area contributed by atoms with Crippen molar-refractivity contribution >= 4 is 0 Å². The van der Waals surface area contributed by atoms with Crippen LogP contribution in [0.1, 0.15) is 40.0 Å². The van der Waals surface area contributed by atoms with Crippen LogP contribution in [0.5, 0.6) is 0 Å². The van der Waals surface area contributed by atoms with Crippen molar-refractivity contribution in [2.24, 2.45) is 17.4 Å². The molecule has 0 fully saturated rings. The van der Waals surface area contributed by atoms with Gasteiger partial charge in [0.25, 0.3) is 0 Å². The van der Waals surface area contributed by atoms with Crippen LogP contribution in [-0.4, -0.2) is 23.3 Å². The van der Waals surface area contributed by atoms with Gasteiger partial charge in [0.05, 0.1) is 6.10 Å². The summed E-state index contributed by atoms with van der Waals surface area (Å²) in [5.74, 6) is 0.619. The van der Waals surface area contributed by atoms with Gasteiger partial charge in [0, 0.05) is 12.1 Å². The van der Waals surface area contributed by atoms with Gasteiger partial charge in [-0.2, -0.15) is 0 Å². The van der Waals surface area contributed by atoms with Crippen LogP contribution in [-0.2, 0) is 0 Å². The maximum Gasteiger partial charge on any atom is 0.0526 e. The van der Waals surface area contributed by atoms with Gasteiger partial charge in [0.1, 0.15) is 0 Å². The Morgan fingerprint density at radius 3 is 1.77 bits per heavy atom. The number of rotatable bonds is 6. The van der Waals surface area contributed by atoms with Gasteiger partial charge >= 0.3 is 0 Å². The number of aliphatic hydroxyl groups excluding tert-OH is 1. The zero-order valence-corrected chi connectivity index (χ0v) is 9.03. The van der Waals surface area contributed by atoms with Crippen molar-refractivity contribution in [2.75, 3.05) is 0 Å². The molecule has 3 atom stereocenters. The van der Waals surface area contributed by atoms with E-state index >= 15 is 0 Å². The molecule has 3 nitrogen and oxygen atoms in total. The van der Waals surface area contributed by atoms with E-state index < -0.39 is 0 Å². The van der Waals surface area contributed by atoms with Gasteiger partial charge in [-0.3, -0.25) is 0 Å². The molecular weight excluding hydrogens is 164 g/mol. The molecule has 0 aliphatic heterocycles. The molecule has 0 rings (SSSR count). The third-order valence-electron chi connectivity index (χ3n) is 2.02. The maximum absolute atomic E-state index is 9.10. The average Bonchev–Trinajstić information content (AvgIpc) is 1.80. The van der Waals surface area contributed by atoms with E-state index in [4.69, 9.17) is 16.6 Å². The highest BCUT2D eigenvalue weighted by Crippen LogP contribution is 2.09. The molecule has 0 aromatic rings. The van der Waals surface area contributed by atoms with Crippen molar-refractivity contribution in [2.45, 2.75) is 58.2 Å². The van der Waals surface area contributed by atoms with Gasteiger partial charge in [-0.25, -0.2) is 0 Å². The van der Waals surface area contributed by atoms with Gasteiger partial charge in [-0.1, -0.05) is 13.8 Å². The molecule has 3 unspecified atom stereocenters. The minimum absolute atomic E-state index is 0.0359. The second kappa shape index (κ2) is 6.35. The zero-order chi connectivity index (χ0) is 10.4. The number of aliphatic hydroxyl groups is 1. The summed E-state index contributed by atoms with van der Waals surface area (Å²) >= 11 is 0. The molecule has 0 saturated heterocycles.